The van der Waals surface area contributed by atoms with E-state index in [-0.39, 0.29) is 0 Å². The highest BCUT2D eigenvalue weighted by molar-refractivity contribution is 7.15. The van der Waals surface area contributed by atoms with Crippen LogP contribution >= 0.6 is 22.7 Å². The van der Waals surface area contributed by atoms with Gasteiger partial charge in [-0.25, -0.2) is 4.98 Å². The second-order valence-corrected chi connectivity index (χ2v) is 5.72. The third-order valence-electron chi connectivity index (χ3n) is 2.34. The molecule has 2 aromatic rings. The number of aryl methyl sites for hydroxylation is 2. The first-order valence-corrected chi connectivity index (χ1v) is 6.60. The molecule has 80 valence electrons. The van der Waals surface area contributed by atoms with Gasteiger partial charge in [-0.2, -0.15) is 0 Å². The highest BCUT2D eigenvalue weighted by Gasteiger charge is 2.09. The van der Waals surface area contributed by atoms with Gasteiger partial charge in [-0.15, -0.1) is 22.7 Å². The number of thiazole rings is 1. The minimum Gasteiger partial charge on any atom is -0.354 e. The molecule has 0 saturated heterocycles. The van der Waals surface area contributed by atoms with Crippen LogP contribution in [0.1, 0.15) is 28.4 Å². The summed E-state index contributed by atoms with van der Waals surface area (Å²) < 4.78 is 0. The number of hydrogen-bond acceptors (Lipinski definition) is 4. The summed E-state index contributed by atoms with van der Waals surface area (Å²) in [5.41, 5.74) is 1.13. The summed E-state index contributed by atoms with van der Waals surface area (Å²) in [4.78, 5) is 7.11. The molecule has 0 spiro atoms. The van der Waals surface area contributed by atoms with Gasteiger partial charge in [-0.05, 0) is 32.2 Å². The minimum absolute atomic E-state index is 0.343. The van der Waals surface area contributed by atoms with Crippen LogP contribution in [0.25, 0.3) is 0 Å². The molecule has 0 bridgehead atoms. The summed E-state index contributed by atoms with van der Waals surface area (Å²) in [6.45, 7) is 6.32. The van der Waals surface area contributed by atoms with Crippen molar-refractivity contribution in [3.63, 3.8) is 0 Å². The van der Waals surface area contributed by atoms with Gasteiger partial charge in [0.15, 0.2) is 5.13 Å². The molecule has 0 amide bonds. The maximum Gasteiger partial charge on any atom is 0.183 e. The Hall–Kier alpha value is -0.870. The van der Waals surface area contributed by atoms with E-state index in [1.807, 2.05) is 6.92 Å². The first-order valence-electron chi connectivity index (χ1n) is 4.91. The predicted molar refractivity (Wildman–Crippen MR) is 67.9 cm³/mol. The average Bonchev–Trinajstić information content (AvgIpc) is 2.77. The van der Waals surface area contributed by atoms with E-state index in [0.717, 1.165) is 10.8 Å². The zero-order valence-electron chi connectivity index (χ0n) is 9.07. The molecule has 0 aromatic carbocycles. The SMILES string of the molecule is Cc1nc(NC(C)c2cccs2)sc1C. The predicted octanol–water partition coefficient (Wildman–Crippen LogP) is 3.99. The Morgan fingerprint density at radius 2 is 2.20 bits per heavy atom. The molecule has 1 unspecified atom stereocenters. The lowest BCUT2D eigenvalue weighted by molar-refractivity contribution is 0.903. The first-order chi connectivity index (χ1) is 7.16. The maximum absolute atomic E-state index is 4.47. The van der Waals surface area contributed by atoms with Gasteiger partial charge in [0, 0.05) is 9.75 Å². The van der Waals surface area contributed by atoms with E-state index in [1.165, 1.54) is 9.75 Å². The van der Waals surface area contributed by atoms with Crippen molar-refractivity contribution in [2.75, 3.05) is 5.32 Å². The Bertz CT molecular complexity index is 412. The molecule has 0 aliphatic rings. The molecule has 0 fully saturated rings. The van der Waals surface area contributed by atoms with Crippen LogP contribution < -0.4 is 5.32 Å². The van der Waals surface area contributed by atoms with Gasteiger partial charge in [-0.3, -0.25) is 0 Å². The topological polar surface area (TPSA) is 24.9 Å². The number of hydrogen-bond donors (Lipinski definition) is 1. The van der Waals surface area contributed by atoms with Crippen LogP contribution in [0.5, 0.6) is 0 Å². The summed E-state index contributed by atoms with van der Waals surface area (Å²) >= 11 is 3.50. The highest BCUT2D eigenvalue weighted by atomic mass is 32.1. The van der Waals surface area contributed by atoms with Crippen molar-refractivity contribution in [2.24, 2.45) is 0 Å². The van der Waals surface area contributed by atoms with E-state index in [0.29, 0.717) is 6.04 Å². The Balaban J connectivity index is 2.09. The molecular weight excluding hydrogens is 224 g/mol. The second-order valence-electron chi connectivity index (χ2n) is 3.54. The fourth-order valence-corrected chi connectivity index (χ4v) is 2.96. The molecule has 15 heavy (non-hydrogen) atoms. The Labute approximate surface area is 98.0 Å². The molecule has 4 heteroatoms. The monoisotopic (exact) mass is 238 g/mol. The van der Waals surface area contributed by atoms with E-state index in [4.69, 9.17) is 0 Å². The smallest absolute Gasteiger partial charge is 0.183 e. The molecule has 2 rings (SSSR count). The van der Waals surface area contributed by atoms with E-state index < -0.39 is 0 Å². The third kappa shape index (κ3) is 2.38. The largest absolute Gasteiger partial charge is 0.354 e. The second kappa shape index (κ2) is 4.33. The van der Waals surface area contributed by atoms with Crippen LogP contribution in [-0.2, 0) is 0 Å². The standard InChI is InChI=1S/C11H14N2S2/c1-7-9(3)15-11(12-7)13-8(2)10-5-4-6-14-10/h4-6,8H,1-3H3,(H,12,13). The molecule has 0 aliphatic heterocycles. The van der Waals surface area contributed by atoms with Crippen molar-refractivity contribution >= 4 is 27.8 Å². The number of nitrogens with one attached hydrogen (secondary N) is 1. The average molecular weight is 238 g/mol. The lowest BCUT2D eigenvalue weighted by Gasteiger charge is -2.10. The van der Waals surface area contributed by atoms with Crippen LogP contribution in [0.4, 0.5) is 5.13 Å². The van der Waals surface area contributed by atoms with Gasteiger partial charge in [0.25, 0.3) is 0 Å². The summed E-state index contributed by atoms with van der Waals surface area (Å²) in [6, 6.07) is 4.57. The van der Waals surface area contributed by atoms with Crippen molar-refractivity contribution in [1.82, 2.24) is 4.98 Å². The van der Waals surface area contributed by atoms with E-state index >= 15 is 0 Å². The van der Waals surface area contributed by atoms with E-state index in [1.54, 1.807) is 22.7 Å². The molecule has 1 N–H and O–H groups in total. The minimum atomic E-state index is 0.343. The number of aromatic nitrogens is 1. The molecule has 2 aromatic heterocycles. The lowest BCUT2D eigenvalue weighted by atomic mass is 10.3. The fourth-order valence-electron chi connectivity index (χ4n) is 1.33. The summed E-state index contributed by atoms with van der Waals surface area (Å²) in [5.74, 6) is 0. The summed E-state index contributed by atoms with van der Waals surface area (Å²) in [7, 11) is 0. The fraction of sp³-hybridized carbons (Fsp3) is 0.364. The highest BCUT2D eigenvalue weighted by Crippen LogP contribution is 2.27. The van der Waals surface area contributed by atoms with Crippen molar-refractivity contribution in [2.45, 2.75) is 26.8 Å². The molecular formula is C11H14N2S2. The van der Waals surface area contributed by atoms with E-state index in [2.05, 4.69) is 41.7 Å². The van der Waals surface area contributed by atoms with Gasteiger partial charge >= 0.3 is 0 Å². The van der Waals surface area contributed by atoms with Crippen LogP contribution in [0, 0.1) is 13.8 Å². The third-order valence-corrected chi connectivity index (χ3v) is 4.40. The molecule has 1 atom stereocenters. The van der Waals surface area contributed by atoms with Crippen molar-refractivity contribution in [3.8, 4) is 0 Å². The molecule has 0 saturated carbocycles. The molecule has 2 nitrogen and oxygen atoms in total. The number of thiophene rings is 1. The zero-order valence-corrected chi connectivity index (χ0v) is 10.7. The van der Waals surface area contributed by atoms with Gasteiger partial charge in [0.1, 0.15) is 0 Å². The quantitative estimate of drug-likeness (QED) is 0.874. The first kappa shape index (κ1) is 10.6. The van der Waals surface area contributed by atoms with Gasteiger partial charge in [-0.1, -0.05) is 6.07 Å². The number of rotatable bonds is 3. The summed E-state index contributed by atoms with van der Waals surface area (Å²) in [6.07, 6.45) is 0. The van der Waals surface area contributed by atoms with Crippen molar-refractivity contribution in [1.29, 1.82) is 0 Å². The summed E-state index contributed by atoms with van der Waals surface area (Å²) in [5, 5.41) is 6.55. The van der Waals surface area contributed by atoms with Crippen LogP contribution in [0.3, 0.4) is 0 Å². The van der Waals surface area contributed by atoms with Gasteiger partial charge < -0.3 is 5.32 Å². The normalized spacial score (nSPS) is 12.7. The number of anilines is 1. The van der Waals surface area contributed by atoms with Gasteiger partial charge in [0.05, 0.1) is 11.7 Å². The van der Waals surface area contributed by atoms with Crippen molar-refractivity contribution < 1.29 is 0 Å². The molecule has 0 aliphatic carbocycles. The Morgan fingerprint density at radius 3 is 2.73 bits per heavy atom. The van der Waals surface area contributed by atoms with Gasteiger partial charge in [0.2, 0.25) is 0 Å². The number of nitrogens with zero attached hydrogens (tertiary/aromatic N) is 1. The van der Waals surface area contributed by atoms with Crippen LogP contribution in [0.2, 0.25) is 0 Å². The van der Waals surface area contributed by atoms with Crippen molar-refractivity contribution in [3.05, 3.63) is 33.0 Å². The van der Waals surface area contributed by atoms with E-state index in [9.17, 15) is 0 Å². The lowest BCUT2D eigenvalue weighted by Crippen LogP contribution is -2.04. The molecule has 0 radical (unpaired) electrons. The Morgan fingerprint density at radius 1 is 1.40 bits per heavy atom. The zero-order chi connectivity index (χ0) is 10.8. The van der Waals surface area contributed by atoms with Crippen LogP contribution in [0.15, 0.2) is 17.5 Å². The maximum atomic E-state index is 4.47. The molecule has 2 heterocycles. The Kier molecular flexibility index (Phi) is 3.07. The van der Waals surface area contributed by atoms with Crippen LogP contribution in [-0.4, -0.2) is 4.98 Å².